The lowest BCUT2D eigenvalue weighted by Gasteiger charge is -2.09. The second kappa shape index (κ2) is 4.98. The van der Waals surface area contributed by atoms with Gasteiger partial charge in [0.05, 0.1) is 22.2 Å². The van der Waals surface area contributed by atoms with E-state index in [1.165, 1.54) is 0 Å². The number of hydrogen-bond acceptors (Lipinski definition) is 3. The van der Waals surface area contributed by atoms with E-state index in [2.05, 4.69) is 5.32 Å². The smallest absolute Gasteiger partial charge is 0.335 e. The van der Waals surface area contributed by atoms with Gasteiger partial charge in [0.25, 0.3) is 0 Å². The molecule has 0 bridgehead atoms. The quantitative estimate of drug-likeness (QED) is 0.660. The number of ether oxygens (including phenoxy) is 1. The summed E-state index contributed by atoms with van der Waals surface area (Å²) in [6.45, 7) is 2.29. The SMILES string of the molecule is C/C(Nc1ccc(Cl)c(Cl)c1)=C1/CCOC1=O. The summed E-state index contributed by atoms with van der Waals surface area (Å²) in [6.07, 6.45) is 0.638. The molecule has 1 aromatic rings. The Hall–Kier alpha value is -1.19. The molecule has 17 heavy (non-hydrogen) atoms. The molecule has 5 heteroatoms. The van der Waals surface area contributed by atoms with Crippen molar-refractivity contribution in [2.45, 2.75) is 13.3 Å². The molecule has 0 aliphatic carbocycles. The van der Waals surface area contributed by atoms with Crippen molar-refractivity contribution in [3.63, 3.8) is 0 Å². The van der Waals surface area contributed by atoms with Crippen LogP contribution in [0.15, 0.2) is 29.5 Å². The fourth-order valence-corrected chi connectivity index (χ4v) is 1.94. The lowest BCUT2D eigenvalue weighted by molar-refractivity contribution is -0.135. The van der Waals surface area contributed by atoms with E-state index in [1.807, 2.05) is 6.92 Å². The van der Waals surface area contributed by atoms with Crippen LogP contribution in [0.3, 0.4) is 0 Å². The monoisotopic (exact) mass is 271 g/mol. The number of rotatable bonds is 2. The van der Waals surface area contributed by atoms with Gasteiger partial charge in [-0.25, -0.2) is 4.79 Å². The Morgan fingerprint density at radius 2 is 2.12 bits per heavy atom. The third-order valence-corrected chi connectivity index (χ3v) is 3.27. The summed E-state index contributed by atoms with van der Waals surface area (Å²) in [5, 5.41) is 4.10. The second-order valence-corrected chi connectivity index (χ2v) is 4.56. The van der Waals surface area contributed by atoms with Gasteiger partial charge >= 0.3 is 5.97 Å². The molecule has 0 aromatic heterocycles. The van der Waals surface area contributed by atoms with Crippen molar-refractivity contribution in [1.82, 2.24) is 0 Å². The van der Waals surface area contributed by atoms with Crippen LogP contribution in [0.4, 0.5) is 5.69 Å². The van der Waals surface area contributed by atoms with Crippen LogP contribution in [0.2, 0.25) is 10.0 Å². The minimum Gasteiger partial charge on any atom is -0.462 e. The highest BCUT2D eigenvalue weighted by molar-refractivity contribution is 6.42. The molecule has 0 unspecified atom stereocenters. The van der Waals surface area contributed by atoms with Crippen LogP contribution in [0, 0.1) is 0 Å². The number of allylic oxidation sites excluding steroid dienone is 1. The molecule has 0 spiro atoms. The molecule has 0 saturated carbocycles. The van der Waals surface area contributed by atoms with Crippen LogP contribution in [-0.2, 0) is 9.53 Å². The van der Waals surface area contributed by atoms with Gasteiger partial charge in [0, 0.05) is 17.8 Å². The molecule has 1 fully saturated rings. The molecule has 3 nitrogen and oxygen atoms in total. The van der Waals surface area contributed by atoms with Crippen molar-refractivity contribution < 1.29 is 9.53 Å². The summed E-state index contributed by atoms with van der Waals surface area (Å²) in [6, 6.07) is 5.23. The number of anilines is 1. The van der Waals surface area contributed by atoms with Crippen molar-refractivity contribution in [2.24, 2.45) is 0 Å². The molecule has 1 N–H and O–H groups in total. The molecule has 1 aliphatic rings. The molecule has 1 heterocycles. The minimum atomic E-state index is -0.255. The number of carbonyl (C=O) groups is 1. The topological polar surface area (TPSA) is 38.3 Å². The maximum Gasteiger partial charge on any atom is 0.335 e. The number of carbonyl (C=O) groups excluding carboxylic acids is 1. The Kier molecular flexibility index (Phi) is 3.60. The standard InChI is InChI=1S/C12H11Cl2NO2/c1-7(9-4-5-17-12(9)16)15-8-2-3-10(13)11(14)6-8/h2-3,6,15H,4-5H2,1H3/b9-7+. The van der Waals surface area contributed by atoms with Crippen LogP contribution in [0.25, 0.3) is 0 Å². The first-order valence-electron chi connectivity index (χ1n) is 5.17. The maximum atomic E-state index is 11.4. The van der Waals surface area contributed by atoms with Crippen LogP contribution in [-0.4, -0.2) is 12.6 Å². The summed E-state index contributed by atoms with van der Waals surface area (Å²) < 4.78 is 4.88. The van der Waals surface area contributed by atoms with Crippen molar-refractivity contribution >= 4 is 34.9 Å². The lowest BCUT2D eigenvalue weighted by atomic mass is 10.2. The van der Waals surface area contributed by atoms with E-state index in [4.69, 9.17) is 27.9 Å². The Morgan fingerprint density at radius 1 is 1.35 bits per heavy atom. The van der Waals surface area contributed by atoms with Crippen molar-refractivity contribution in [3.05, 3.63) is 39.5 Å². The van der Waals surface area contributed by atoms with E-state index < -0.39 is 0 Å². The van der Waals surface area contributed by atoms with Gasteiger partial charge in [0.2, 0.25) is 0 Å². The van der Waals surface area contributed by atoms with E-state index in [9.17, 15) is 4.79 Å². The lowest BCUT2D eigenvalue weighted by Crippen LogP contribution is -2.04. The van der Waals surface area contributed by atoms with Crippen LogP contribution < -0.4 is 5.32 Å². The van der Waals surface area contributed by atoms with E-state index in [-0.39, 0.29) is 5.97 Å². The summed E-state index contributed by atoms with van der Waals surface area (Å²) in [5.74, 6) is -0.255. The van der Waals surface area contributed by atoms with Gasteiger partial charge in [-0.05, 0) is 25.1 Å². The van der Waals surface area contributed by atoms with Gasteiger partial charge in [0.15, 0.2) is 0 Å². The molecular weight excluding hydrogens is 261 g/mol. The minimum absolute atomic E-state index is 0.255. The highest BCUT2D eigenvalue weighted by Crippen LogP contribution is 2.26. The average molecular weight is 272 g/mol. The van der Waals surface area contributed by atoms with E-state index in [1.54, 1.807) is 18.2 Å². The molecule has 0 radical (unpaired) electrons. The van der Waals surface area contributed by atoms with Crippen molar-refractivity contribution in [3.8, 4) is 0 Å². The first-order valence-corrected chi connectivity index (χ1v) is 5.92. The summed E-state index contributed by atoms with van der Waals surface area (Å²) in [4.78, 5) is 11.4. The van der Waals surface area contributed by atoms with Crippen LogP contribution in [0.1, 0.15) is 13.3 Å². The second-order valence-electron chi connectivity index (χ2n) is 3.74. The number of benzene rings is 1. The number of nitrogens with one attached hydrogen (secondary N) is 1. The van der Waals surface area contributed by atoms with Gasteiger partial charge in [-0.15, -0.1) is 0 Å². The van der Waals surface area contributed by atoms with Crippen LogP contribution in [0.5, 0.6) is 0 Å². The highest BCUT2D eigenvalue weighted by atomic mass is 35.5. The average Bonchev–Trinajstić information content (AvgIpc) is 2.70. The van der Waals surface area contributed by atoms with Crippen molar-refractivity contribution in [2.75, 3.05) is 11.9 Å². The number of halogens is 2. The number of cyclic esters (lactones) is 1. The summed E-state index contributed by atoms with van der Waals surface area (Å²) >= 11 is 11.7. The fourth-order valence-electron chi connectivity index (χ4n) is 1.64. The first kappa shape index (κ1) is 12.3. The molecular formula is C12H11Cl2NO2. The van der Waals surface area contributed by atoms with Gasteiger partial charge in [-0.2, -0.15) is 0 Å². The van der Waals surface area contributed by atoms with Gasteiger partial charge < -0.3 is 10.1 Å². The molecule has 90 valence electrons. The van der Waals surface area contributed by atoms with Gasteiger partial charge in [0.1, 0.15) is 0 Å². The predicted octanol–water partition coefficient (Wildman–Crippen LogP) is 3.63. The third-order valence-electron chi connectivity index (χ3n) is 2.54. The van der Waals surface area contributed by atoms with Gasteiger partial charge in [-0.3, -0.25) is 0 Å². The number of esters is 1. The van der Waals surface area contributed by atoms with Crippen LogP contribution >= 0.6 is 23.2 Å². The Labute approximate surface area is 109 Å². The maximum absolute atomic E-state index is 11.4. The Balaban J connectivity index is 2.20. The van der Waals surface area contributed by atoms with E-state index >= 15 is 0 Å². The molecule has 1 aromatic carbocycles. The van der Waals surface area contributed by atoms with Crippen molar-refractivity contribution in [1.29, 1.82) is 0 Å². The first-order chi connectivity index (χ1) is 8.08. The zero-order chi connectivity index (χ0) is 12.4. The Morgan fingerprint density at radius 3 is 2.71 bits per heavy atom. The fraction of sp³-hybridized carbons (Fsp3) is 0.250. The summed E-state index contributed by atoms with van der Waals surface area (Å²) in [7, 11) is 0. The molecule has 1 aliphatic heterocycles. The number of hydrogen-bond donors (Lipinski definition) is 1. The zero-order valence-electron chi connectivity index (χ0n) is 9.22. The summed E-state index contributed by atoms with van der Waals surface area (Å²) in [5.41, 5.74) is 2.26. The van der Waals surface area contributed by atoms with E-state index in [0.29, 0.717) is 28.6 Å². The molecule has 0 amide bonds. The largest absolute Gasteiger partial charge is 0.462 e. The van der Waals surface area contributed by atoms with Gasteiger partial charge in [-0.1, -0.05) is 23.2 Å². The third kappa shape index (κ3) is 2.73. The predicted molar refractivity (Wildman–Crippen MR) is 68.4 cm³/mol. The zero-order valence-corrected chi connectivity index (χ0v) is 10.7. The van der Waals surface area contributed by atoms with E-state index in [0.717, 1.165) is 11.4 Å². The molecule has 2 rings (SSSR count). The molecule has 0 atom stereocenters. The normalized spacial score (nSPS) is 17.9. The molecule has 1 saturated heterocycles. The highest BCUT2D eigenvalue weighted by Gasteiger charge is 2.21. The Bertz CT molecular complexity index is 497.